The van der Waals surface area contributed by atoms with E-state index in [2.05, 4.69) is 33.0 Å². The van der Waals surface area contributed by atoms with E-state index in [0.717, 1.165) is 21.5 Å². The number of hydrogen-bond donors (Lipinski definition) is 2. The van der Waals surface area contributed by atoms with E-state index >= 15 is 0 Å². The molecule has 0 atom stereocenters. The van der Waals surface area contributed by atoms with Crippen LogP contribution in [0.5, 0.6) is 0 Å². The van der Waals surface area contributed by atoms with Crippen LogP contribution in [0.3, 0.4) is 0 Å². The minimum Gasteiger partial charge on any atom is -0.356 e. The van der Waals surface area contributed by atoms with Crippen molar-refractivity contribution >= 4 is 45.7 Å². The molecular formula is C19H19ClN4OS2. The summed E-state index contributed by atoms with van der Waals surface area (Å²) in [5.74, 6) is 0.305. The molecule has 0 aliphatic carbocycles. The van der Waals surface area contributed by atoms with Crippen molar-refractivity contribution in [2.45, 2.75) is 17.3 Å². The van der Waals surface area contributed by atoms with Crippen LogP contribution in [-0.4, -0.2) is 28.4 Å². The normalized spacial score (nSPS) is 10.6. The van der Waals surface area contributed by atoms with Gasteiger partial charge in [-0.25, -0.2) is 0 Å². The number of carbonyl (C=O) groups is 1. The summed E-state index contributed by atoms with van der Waals surface area (Å²) in [6.45, 7) is 1.28. The number of thioether (sulfide) groups is 1. The Balaban J connectivity index is 1.36. The van der Waals surface area contributed by atoms with Crippen molar-refractivity contribution in [3.05, 3.63) is 70.7 Å². The SMILES string of the molecule is O=C(CSc1nnc(NCc2ccccc2)s1)NCCc1cccc(Cl)c1. The Hall–Kier alpha value is -2.09. The van der Waals surface area contributed by atoms with Gasteiger partial charge in [0.15, 0.2) is 4.34 Å². The van der Waals surface area contributed by atoms with E-state index in [0.29, 0.717) is 23.9 Å². The van der Waals surface area contributed by atoms with Crippen LogP contribution in [0, 0.1) is 0 Å². The van der Waals surface area contributed by atoms with E-state index in [-0.39, 0.29) is 5.91 Å². The second-order valence-electron chi connectivity index (χ2n) is 5.73. The predicted molar refractivity (Wildman–Crippen MR) is 113 cm³/mol. The lowest BCUT2D eigenvalue weighted by molar-refractivity contribution is -0.118. The topological polar surface area (TPSA) is 66.9 Å². The van der Waals surface area contributed by atoms with Crippen LogP contribution in [-0.2, 0) is 17.8 Å². The Morgan fingerprint density at radius 3 is 2.70 bits per heavy atom. The largest absolute Gasteiger partial charge is 0.356 e. The fourth-order valence-corrected chi connectivity index (χ4v) is 4.12. The summed E-state index contributed by atoms with van der Waals surface area (Å²) in [5, 5.41) is 15.8. The van der Waals surface area contributed by atoms with Crippen LogP contribution in [0.15, 0.2) is 58.9 Å². The molecule has 0 aliphatic heterocycles. The first-order chi connectivity index (χ1) is 13.2. The number of hydrogen-bond acceptors (Lipinski definition) is 6. The number of rotatable bonds is 9. The number of halogens is 1. The van der Waals surface area contributed by atoms with E-state index < -0.39 is 0 Å². The van der Waals surface area contributed by atoms with Gasteiger partial charge in [-0.15, -0.1) is 10.2 Å². The fraction of sp³-hybridized carbons (Fsp3) is 0.211. The van der Waals surface area contributed by atoms with Crippen LogP contribution < -0.4 is 10.6 Å². The van der Waals surface area contributed by atoms with Gasteiger partial charge in [-0.1, -0.05) is 77.2 Å². The van der Waals surface area contributed by atoms with E-state index in [4.69, 9.17) is 11.6 Å². The third-order valence-corrected chi connectivity index (χ3v) is 5.89. The van der Waals surface area contributed by atoms with E-state index in [1.165, 1.54) is 28.7 Å². The molecule has 0 bridgehead atoms. The zero-order valence-corrected chi connectivity index (χ0v) is 16.9. The van der Waals surface area contributed by atoms with Crippen molar-refractivity contribution in [1.29, 1.82) is 0 Å². The summed E-state index contributed by atoms with van der Waals surface area (Å²) >= 11 is 8.80. The minimum atomic E-state index is -0.0176. The monoisotopic (exact) mass is 418 g/mol. The fourth-order valence-electron chi connectivity index (χ4n) is 2.33. The molecule has 2 N–H and O–H groups in total. The Morgan fingerprint density at radius 2 is 1.89 bits per heavy atom. The summed E-state index contributed by atoms with van der Waals surface area (Å²) in [6.07, 6.45) is 0.753. The molecule has 140 valence electrons. The lowest BCUT2D eigenvalue weighted by Crippen LogP contribution is -2.27. The van der Waals surface area contributed by atoms with E-state index in [1.54, 1.807) is 0 Å². The van der Waals surface area contributed by atoms with Crippen molar-refractivity contribution in [2.24, 2.45) is 0 Å². The van der Waals surface area contributed by atoms with Crippen LogP contribution in [0.1, 0.15) is 11.1 Å². The standard InChI is InChI=1S/C19H19ClN4OS2/c20-16-8-4-7-14(11-16)9-10-21-17(25)13-26-19-24-23-18(27-19)22-12-15-5-2-1-3-6-15/h1-8,11H,9-10,12-13H2,(H,21,25)(H,22,23). The average Bonchev–Trinajstić information content (AvgIpc) is 3.14. The number of aromatic nitrogens is 2. The highest BCUT2D eigenvalue weighted by molar-refractivity contribution is 8.01. The number of amides is 1. The maximum atomic E-state index is 12.0. The molecule has 0 aliphatic rings. The molecular weight excluding hydrogens is 400 g/mol. The van der Waals surface area contributed by atoms with Crippen LogP contribution >= 0.6 is 34.7 Å². The molecule has 27 heavy (non-hydrogen) atoms. The highest BCUT2D eigenvalue weighted by atomic mass is 35.5. The number of carbonyl (C=O) groups excluding carboxylic acids is 1. The van der Waals surface area contributed by atoms with Gasteiger partial charge in [0.1, 0.15) is 0 Å². The van der Waals surface area contributed by atoms with Gasteiger partial charge in [-0.2, -0.15) is 0 Å². The van der Waals surface area contributed by atoms with Gasteiger partial charge in [0.25, 0.3) is 0 Å². The van der Waals surface area contributed by atoms with E-state index in [1.807, 2.05) is 42.5 Å². The van der Waals surface area contributed by atoms with Crippen LogP contribution in [0.2, 0.25) is 5.02 Å². The van der Waals surface area contributed by atoms with Crippen LogP contribution in [0.25, 0.3) is 0 Å². The average molecular weight is 419 g/mol. The van der Waals surface area contributed by atoms with Gasteiger partial charge in [0, 0.05) is 18.1 Å². The molecule has 1 heterocycles. The molecule has 3 aromatic rings. The molecule has 1 amide bonds. The van der Waals surface area contributed by atoms with Gasteiger partial charge in [-0.05, 0) is 29.7 Å². The summed E-state index contributed by atoms with van der Waals surface area (Å²) in [4.78, 5) is 12.0. The van der Waals surface area contributed by atoms with E-state index in [9.17, 15) is 4.79 Å². The summed E-state index contributed by atoms with van der Waals surface area (Å²) in [5.41, 5.74) is 2.29. The summed E-state index contributed by atoms with van der Waals surface area (Å²) < 4.78 is 0.774. The van der Waals surface area contributed by atoms with Crippen molar-refractivity contribution < 1.29 is 4.79 Å². The Morgan fingerprint density at radius 1 is 1.07 bits per heavy atom. The molecule has 0 saturated carbocycles. The van der Waals surface area contributed by atoms with Gasteiger partial charge in [0.05, 0.1) is 5.75 Å². The Kier molecular flexibility index (Phi) is 7.50. The van der Waals surface area contributed by atoms with Gasteiger partial charge < -0.3 is 10.6 Å². The molecule has 8 heteroatoms. The van der Waals surface area contributed by atoms with Crippen molar-refractivity contribution in [1.82, 2.24) is 15.5 Å². The number of benzene rings is 2. The smallest absolute Gasteiger partial charge is 0.230 e. The molecule has 5 nitrogen and oxygen atoms in total. The Labute approximate surface area is 171 Å². The second kappa shape index (κ2) is 10.3. The number of nitrogens with zero attached hydrogens (tertiary/aromatic N) is 2. The first-order valence-electron chi connectivity index (χ1n) is 8.44. The molecule has 3 rings (SSSR count). The van der Waals surface area contributed by atoms with Crippen molar-refractivity contribution in [2.75, 3.05) is 17.6 Å². The maximum Gasteiger partial charge on any atom is 0.230 e. The molecule has 0 fully saturated rings. The summed E-state index contributed by atoms with van der Waals surface area (Å²) in [6, 6.07) is 17.8. The van der Waals surface area contributed by atoms with Crippen molar-refractivity contribution in [3.8, 4) is 0 Å². The third kappa shape index (κ3) is 6.86. The number of nitrogens with one attached hydrogen (secondary N) is 2. The summed E-state index contributed by atoms with van der Waals surface area (Å²) in [7, 11) is 0. The molecule has 0 radical (unpaired) electrons. The van der Waals surface area contributed by atoms with Gasteiger partial charge in [-0.3, -0.25) is 4.79 Å². The highest BCUT2D eigenvalue weighted by Crippen LogP contribution is 2.25. The zero-order valence-electron chi connectivity index (χ0n) is 14.5. The molecule has 2 aromatic carbocycles. The second-order valence-corrected chi connectivity index (χ2v) is 8.37. The maximum absolute atomic E-state index is 12.0. The first-order valence-corrected chi connectivity index (χ1v) is 10.6. The van der Waals surface area contributed by atoms with Gasteiger partial charge in [0.2, 0.25) is 11.0 Å². The third-order valence-electron chi connectivity index (χ3n) is 3.64. The minimum absolute atomic E-state index is 0.0176. The molecule has 0 saturated heterocycles. The predicted octanol–water partition coefficient (Wildman–Crippen LogP) is 4.25. The van der Waals surface area contributed by atoms with Gasteiger partial charge >= 0.3 is 0 Å². The number of anilines is 1. The quantitative estimate of drug-likeness (QED) is 0.508. The Bertz CT molecular complexity index is 873. The first kappa shape index (κ1) is 19.7. The molecule has 0 unspecified atom stereocenters. The van der Waals surface area contributed by atoms with Crippen LogP contribution in [0.4, 0.5) is 5.13 Å². The van der Waals surface area contributed by atoms with Crippen molar-refractivity contribution in [3.63, 3.8) is 0 Å². The molecule has 1 aromatic heterocycles. The lowest BCUT2D eigenvalue weighted by atomic mass is 10.1. The highest BCUT2D eigenvalue weighted by Gasteiger charge is 2.08. The zero-order chi connectivity index (χ0) is 18.9. The lowest BCUT2D eigenvalue weighted by Gasteiger charge is -2.04. The molecule has 0 spiro atoms.